The van der Waals surface area contributed by atoms with Crippen molar-refractivity contribution in [1.29, 1.82) is 0 Å². The number of ether oxygens (including phenoxy) is 2. The van der Waals surface area contributed by atoms with Crippen molar-refractivity contribution in [2.24, 2.45) is 0 Å². The van der Waals surface area contributed by atoms with Gasteiger partial charge in [-0.15, -0.1) is 0 Å². The third-order valence-corrected chi connectivity index (χ3v) is 13.6. The number of rotatable bonds is 53. The molecule has 0 saturated heterocycles. The minimum atomic E-state index is -4.28. The summed E-state index contributed by atoms with van der Waals surface area (Å²) in [5.74, 6) is -0.311. The number of phosphoric acid groups is 1. The molecule has 2 unspecified atom stereocenters. The molecule has 0 aliphatic carbocycles. The molecule has 9 heteroatoms. The highest BCUT2D eigenvalue weighted by Gasteiger charge is 2.26. The average Bonchev–Trinajstić information content (AvgIpc) is 3.25. The summed E-state index contributed by atoms with van der Waals surface area (Å²) in [5, 5.41) is 0. The van der Waals surface area contributed by atoms with Crippen LogP contribution in [0.25, 0.3) is 0 Å². The van der Waals surface area contributed by atoms with E-state index in [1.807, 2.05) is 21.1 Å². The lowest BCUT2D eigenvalue weighted by atomic mass is 10.0. The summed E-state index contributed by atoms with van der Waals surface area (Å²) >= 11 is 0. The zero-order chi connectivity index (χ0) is 46.9. The van der Waals surface area contributed by atoms with Crippen LogP contribution in [0.1, 0.15) is 277 Å². The van der Waals surface area contributed by atoms with E-state index in [9.17, 15) is 14.3 Å². The molecule has 0 fully saturated rings. The minimum absolute atomic E-state index is 0.0914. The topological polar surface area (TPSA) is 91.3 Å². The van der Waals surface area contributed by atoms with Crippen LogP contribution in [0, 0.1) is 0 Å². The number of phosphoric ester groups is 1. The van der Waals surface area contributed by atoms with E-state index in [2.05, 4.69) is 26.0 Å². The highest BCUT2D eigenvalue weighted by molar-refractivity contribution is 7.47. The van der Waals surface area contributed by atoms with Crippen LogP contribution in [0.15, 0.2) is 12.2 Å². The first-order chi connectivity index (χ1) is 31.1. The van der Waals surface area contributed by atoms with Crippen molar-refractivity contribution in [2.45, 2.75) is 283 Å². The molecule has 0 aliphatic heterocycles. The van der Waals surface area contributed by atoms with Gasteiger partial charge in [-0.05, 0) is 38.5 Å². The molecule has 1 N–H and O–H groups in total. The van der Waals surface area contributed by atoms with Crippen LogP contribution in [-0.4, -0.2) is 75.6 Å². The van der Waals surface area contributed by atoms with E-state index in [-0.39, 0.29) is 25.8 Å². The molecular weight excluding hydrogens is 818 g/mol. The number of esters is 1. The number of likely N-dealkylation sites (N-methyl/N-ethyl adjacent to an activating group) is 1. The number of hydrogen-bond acceptors (Lipinski definition) is 6. The van der Waals surface area contributed by atoms with E-state index in [1.54, 1.807) is 0 Å². The average molecular weight is 929 g/mol. The van der Waals surface area contributed by atoms with Crippen molar-refractivity contribution >= 4 is 13.8 Å². The maximum atomic E-state index is 12.8. The lowest BCUT2D eigenvalue weighted by molar-refractivity contribution is -0.870. The van der Waals surface area contributed by atoms with E-state index < -0.39 is 13.9 Å². The standard InChI is InChI=1S/C55H110NO7P/c1-6-8-10-12-14-16-18-20-22-24-25-26-27-28-29-30-31-33-35-37-39-41-43-45-47-50-60-52-54(53-62-64(58,59)61-51-49-56(3,4)5)63-55(57)48-46-44-42-40-38-36-34-32-23-21-19-17-15-13-11-9-7-2/h21,23,54H,6-20,22,24-53H2,1-5H3/p+1/b23-21-. The molecule has 0 bridgehead atoms. The fourth-order valence-electron chi connectivity index (χ4n) is 8.26. The molecule has 0 aliphatic rings. The monoisotopic (exact) mass is 929 g/mol. The fourth-order valence-corrected chi connectivity index (χ4v) is 9.00. The van der Waals surface area contributed by atoms with Crippen LogP contribution in [-0.2, 0) is 27.9 Å². The molecule has 0 spiro atoms. The maximum absolute atomic E-state index is 12.8. The van der Waals surface area contributed by atoms with E-state index >= 15 is 0 Å². The molecule has 8 nitrogen and oxygen atoms in total. The van der Waals surface area contributed by atoms with Gasteiger partial charge in [0.25, 0.3) is 0 Å². The molecule has 382 valence electrons. The van der Waals surface area contributed by atoms with Gasteiger partial charge in [0.2, 0.25) is 0 Å². The molecule has 0 amide bonds. The summed E-state index contributed by atoms with van der Waals surface area (Å²) in [6, 6.07) is 0. The highest BCUT2D eigenvalue weighted by atomic mass is 31.2. The second kappa shape index (κ2) is 48.7. The van der Waals surface area contributed by atoms with Crippen molar-refractivity contribution in [3.63, 3.8) is 0 Å². The van der Waals surface area contributed by atoms with Crippen LogP contribution in [0.3, 0.4) is 0 Å². The van der Waals surface area contributed by atoms with E-state index in [0.717, 1.165) is 32.1 Å². The van der Waals surface area contributed by atoms with Gasteiger partial charge in [-0.3, -0.25) is 13.8 Å². The first-order valence-electron chi connectivity index (χ1n) is 27.9. The van der Waals surface area contributed by atoms with Crippen LogP contribution in [0.5, 0.6) is 0 Å². The third kappa shape index (κ3) is 52.2. The van der Waals surface area contributed by atoms with Gasteiger partial charge in [0.05, 0.1) is 34.4 Å². The zero-order valence-corrected chi connectivity index (χ0v) is 44.4. The molecular formula is C55H111NO7P+. The Hall–Kier alpha value is -0.760. The number of unbranched alkanes of at least 4 members (excludes halogenated alkanes) is 37. The normalized spacial score (nSPS) is 13.5. The number of hydrogen-bond donors (Lipinski definition) is 1. The van der Waals surface area contributed by atoms with Crippen molar-refractivity contribution in [1.82, 2.24) is 0 Å². The number of carbonyl (C=O) groups excluding carboxylic acids is 1. The summed E-state index contributed by atoms with van der Waals surface area (Å²) in [5.41, 5.74) is 0. The van der Waals surface area contributed by atoms with Gasteiger partial charge >= 0.3 is 13.8 Å². The van der Waals surface area contributed by atoms with Gasteiger partial charge in [0.1, 0.15) is 19.3 Å². The van der Waals surface area contributed by atoms with E-state index in [0.29, 0.717) is 24.1 Å². The predicted octanol–water partition coefficient (Wildman–Crippen LogP) is 17.3. The van der Waals surface area contributed by atoms with Gasteiger partial charge in [-0.1, -0.05) is 244 Å². The lowest BCUT2D eigenvalue weighted by Gasteiger charge is -2.24. The first-order valence-corrected chi connectivity index (χ1v) is 29.4. The Morgan fingerprint density at radius 2 is 0.812 bits per heavy atom. The minimum Gasteiger partial charge on any atom is -0.457 e. The summed E-state index contributed by atoms with van der Waals surface area (Å²) in [6.07, 6.45) is 57.0. The van der Waals surface area contributed by atoms with Gasteiger partial charge < -0.3 is 18.9 Å². The van der Waals surface area contributed by atoms with Crippen molar-refractivity contribution < 1.29 is 37.3 Å². The summed E-state index contributed by atoms with van der Waals surface area (Å²) in [7, 11) is 1.68. The Labute approximate surface area is 399 Å². The Kier molecular flexibility index (Phi) is 48.1. The fraction of sp³-hybridized carbons (Fsp3) is 0.945. The molecule has 0 heterocycles. The molecule has 0 aromatic carbocycles. The Morgan fingerprint density at radius 3 is 1.19 bits per heavy atom. The van der Waals surface area contributed by atoms with Crippen LogP contribution in [0.4, 0.5) is 0 Å². The molecule has 0 aromatic heterocycles. The second-order valence-electron chi connectivity index (χ2n) is 20.3. The van der Waals surface area contributed by atoms with Crippen LogP contribution in [0.2, 0.25) is 0 Å². The maximum Gasteiger partial charge on any atom is 0.472 e. The summed E-state index contributed by atoms with van der Waals surface area (Å²) in [4.78, 5) is 23.0. The summed E-state index contributed by atoms with van der Waals surface area (Å²) in [6.45, 7) is 5.68. The molecule has 0 radical (unpaired) electrons. The highest BCUT2D eigenvalue weighted by Crippen LogP contribution is 2.43. The van der Waals surface area contributed by atoms with Crippen molar-refractivity contribution in [3.05, 3.63) is 12.2 Å². The third-order valence-electron chi connectivity index (χ3n) is 12.6. The van der Waals surface area contributed by atoms with Gasteiger partial charge in [0, 0.05) is 13.0 Å². The number of allylic oxidation sites excluding steroid dienone is 2. The lowest BCUT2D eigenvalue weighted by Crippen LogP contribution is -2.37. The summed E-state index contributed by atoms with van der Waals surface area (Å²) < 4.78 is 35.2. The molecule has 64 heavy (non-hydrogen) atoms. The molecule has 0 saturated carbocycles. The van der Waals surface area contributed by atoms with Crippen molar-refractivity contribution in [2.75, 3.05) is 54.1 Å². The van der Waals surface area contributed by atoms with E-state index in [1.165, 1.54) is 225 Å². The Balaban J connectivity index is 4.02. The quantitative estimate of drug-likeness (QED) is 0.0214. The molecule has 2 atom stereocenters. The molecule has 0 aromatic rings. The number of quaternary nitrogens is 1. The smallest absolute Gasteiger partial charge is 0.457 e. The number of carbonyl (C=O) groups is 1. The zero-order valence-electron chi connectivity index (χ0n) is 43.6. The van der Waals surface area contributed by atoms with Gasteiger partial charge in [-0.2, -0.15) is 0 Å². The van der Waals surface area contributed by atoms with Crippen LogP contribution < -0.4 is 0 Å². The largest absolute Gasteiger partial charge is 0.472 e. The van der Waals surface area contributed by atoms with Gasteiger partial charge in [-0.25, -0.2) is 4.57 Å². The first kappa shape index (κ1) is 63.2. The SMILES string of the molecule is CCCCCCCC/C=C\CCCCCCCCCC(=O)OC(COCCCCCCCCCCCCCCCCCCCCCCCCCCC)COP(=O)(O)OCC[N+](C)(C)C. The Morgan fingerprint density at radius 1 is 0.469 bits per heavy atom. The van der Waals surface area contributed by atoms with E-state index in [4.69, 9.17) is 18.5 Å². The van der Waals surface area contributed by atoms with Crippen molar-refractivity contribution in [3.8, 4) is 0 Å². The predicted molar refractivity (Wildman–Crippen MR) is 275 cm³/mol. The second-order valence-corrected chi connectivity index (χ2v) is 21.8. The molecule has 0 rings (SSSR count). The Bertz CT molecular complexity index is 1030. The van der Waals surface area contributed by atoms with Crippen LogP contribution >= 0.6 is 7.82 Å². The van der Waals surface area contributed by atoms with Gasteiger partial charge in [0.15, 0.2) is 0 Å². The number of nitrogens with zero attached hydrogens (tertiary/aromatic N) is 1.